The summed E-state index contributed by atoms with van der Waals surface area (Å²) in [7, 11) is 0. The number of halogens is 4. The Morgan fingerprint density at radius 2 is 2.07 bits per heavy atom. The van der Waals surface area contributed by atoms with Crippen LogP contribution >= 0.6 is 15.9 Å². The van der Waals surface area contributed by atoms with E-state index in [2.05, 4.69) is 26.6 Å². The van der Waals surface area contributed by atoms with Crippen LogP contribution in [0.4, 0.5) is 13.2 Å². The van der Waals surface area contributed by atoms with E-state index >= 15 is 0 Å². The Morgan fingerprint density at radius 1 is 1.40 bits per heavy atom. The van der Waals surface area contributed by atoms with Gasteiger partial charge in [0, 0.05) is 0 Å². The maximum absolute atomic E-state index is 11.9. The summed E-state index contributed by atoms with van der Waals surface area (Å²) in [5.74, 6) is 2.29. The molecule has 1 aromatic rings. The Hall–Kier alpha value is -1.15. The summed E-state index contributed by atoms with van der Waals surface area (Å²) in [6, 6.07) is 4.70. The number of hydrogen-bond donors (Lipinski definition) is 0. The van der Waals surface area contributed by atoms with Gasteiger partial charge in [-0.3, -0.25) is 0 Å². The molecule has 1 nitrogen and oxygen atoms in total. The van der Waals surface area contributed by atoms with Crippen molar-refractivity contribution >= 4 is 15.9 Å². The van der Waals surface area contributed by atoms with Gasteiger partial charge in [-0.1, -0.05) is 12.0 Å². The average Bonchev–Trinajstić information content (AvgIpc) is 2.14. The molecule has 80 valence electrons. The van der Waals surface area contributed by atoms with Gasteiger partial charge >= 0.3 is 6.18 Å². The molecular weight excluding hydrogens is 273 g/mol. The topological polar surface area (TPSA) is 9.23 Å². The molecule has 0 aliphatic heterocycles. The van der Waals surface area contributed by atoms with Crippen LogP contribution in [0.15, 0.2) is 22.7 Å². The Bertz CT molecular complexity index is 393. The van der Waals surface area contributed by atoms with Crippen molar-refractivity contribution < 1.29 is 17.9 Å². The van der Waals surface area contributed by atoms with E-state index in [1.807, 2.05) is 0 Å². The Kier molecular flexibility index (Phi) is 3.64. The first-order chi connectivity index (χ1) is 6.94. The number of alkyl halides is 3. The van der Waals surface area contributed by atoms with Gasteiger partial charge in [0.25, 0.3) is 0 Å². The Balaban J connectivity index is 2.90. The molecule has 0 spiro atoms. The number of rotatable bonds is 2. The maximum Gasteiger partial charge on any atom is 0.422 e. The van der Waals surface area contributed by atoms with Crippen LogP contribution in [0.5, 0.6) is 5.75 Å². The zero-order valence-corrected chi connectivity index (χ0v) is 9.02. The van der Waals surface area contributed by atoms with Crippen LogP contribution in [0.2, 0.25) is 0 Å². The molecule has 0 amide bonds. The lowest BCUT2D eigenvalue weighted by Gasteiger charge is -2.11. The lowest BCUT2D eigenvalue weighted by Crippen LogP contribution is -2.19. The van der Waals surface area contributed by atoms with Gasteiger partial charge in [-0.2, -0.15) is 13.2 Å². The predicted molar refractivity (Wildman–Crippen MR) is 53.6 cm³/mol. The molecule has 5 heteroatoms. The van der Waals surface area contributed by atoms with Crippen molar-refractivity contribution in [3.05, 3.63) is 28.2 Å². The van der Waals surface area contributed by atoms with Gasteiger partial charge in [0.05, 0.1) is 10.0 Å². The molecule has 0 atom stereocenters. The standard InChI is InChI=1S/C10H6BrF3O/c1-2-7-4-3-5-8(11)9(7)15-6-10(12,13)14/h1,3-5H,6H2. The van der Waals surface area contributed by atoms with Crippen LogP contribution in [0.25, 0.3) is 0 Å². The molecule has 0 N–H and O–H groups in total. The van der Waals surface area contributed by atoms with Crippen LogP contribution in [-0.2, 0) is 0 Å². The predicted octanol–water partition coefficient (Wildman–Crippen LogP) is 3.37. The molecule has 0 saturated heterocycles. The number of hydrogen-bond acceptors (Lipinski definition) is 1. The molecule has 0 aliphatic carbocycles. The van der Waals surface area contributed by atoms with E-state index in [1.165, 1.54) is 6.07 Å². The van der Waals surface area contributed by atoms with Crippen LogP contribution in [0, 0.1) is 12.3 Å². The normalized spacial score (nSPS) is 10.9. The van der Waals surface area contributed by atoms with Crippen molar-refractivity contribution in [1.82, 2.24) is 0 Å². The summed E-state index contributed by atoms with van der Waals surface area (Å²) < 4.78 is 40.8. The van der Waals surface area contributed by atoms with Gasteiger partial charge < -0.3 is 4.74 Å². The van der Waals surface area contributed by atoms with Crippen LogP contribution in [0.1, 0.15) is 5.56 Å². The summed E-state index contributed by atoms with van der Waals surface area (Å²) in [5.41, 5.74) is 0.286. The molecule has 15 heavy (non-hydrogen) atoms. The minimum Gasteiger partial charge on any atom is -0.482 e. The highest BCUT2D eigenvalue weighted by Gasteiger charge is 2.29. The summed E-state index contributed by atoms with van der Waals surface area (Å²) in [6.07, 6.45) is 0.753. The summed E-state index contributed by atoms with van der Waals surface area (Å²) >= 11 is 3.07. The van der Waals surface area contributed by atoms with Crippen LogP contribution < -0.4 is 4.74 Å². The fourth-order valence-electron chi connectivity index (χ4n) is 0.923. The second-order valence-electron chi connectivity index (χ2n) is 2.66. The van der Waals surface area contributed by atoms with Crippen molar-refractivity contribution in [3.8, 4) is 18.1 Å². The summed E-state index contributed by atoms with van der Waals surface area (Å²) in [4.78, 5) is 0. The molecule has 0 saturated carbocycles. The second-order valence-corrected chi connectivity index (χ2v) is 3.52. The van der Waals surface area contributed by atoms with E-state index in [0.717, 1.165) is 0 Å². The van der Waals surface area contributed by atoms with Crippen LogP contribution in [-0.4, -0.2) is 12.8 Å². The minimum absolute atomic E-state index is 0.0392. The number of terminal acetylenes is 1. The summed E-state index contributed by atoms with van der Waals surface area (Å²) in [6.45, 7) is -1.36. The number of para-hydroxylation sites is 1. The van der Waals surface area contributed by atoms with E-state index in [1.54, 1.807) is 12.1 Å². The molecule has 0 aliphatic rings. The highest BCUT2D eigenvalue weighted by Crippen LogP contribution is 2.30. The largest absolute Gasteiger partial charge is 0.482 e. The van der Waals surface area contributed by atoms with Crippen molar-refractivity contribution in [1.29, 1.82) is 0 Å². The van der Waals surface area contributed by atoms with Gasteiger partial charge in [0.1, 0.15) is 5.75 Å². The second kappa shape index (κ2) is 4.58. The molecule has 0 aromatic heterocycles. The number of ether oxygens (including phenoxy) is 1. The van der Waals surface area contributed by atoms with E-state index in [-0.39, 0.29) is 11.3 Å². The first-order valence-corrected chi connectivity index (χ1v) is 4.68. The van der Waals surface area contributed by atoms with E-state index in [9.17, 15) is 13.2 Å². The lowest BCUT2D eigenvalue weighted by molar-refractivity contribution is -0.153. The molecule has 1 aromatic carbocycles. The molecule has 0 bridgehead atoms. The van der Waals surface area contributed by atoms with Gasteiger partial charge in [0.15, 0.2) is 6.61 Å². The highest BCUT2D eigenvalue weighted by molar-refractivity contribution is 9.10. The minimum atomic E-state index is -4.37. The van der Waals surface area contributed by atoms with Gasteiger partial charge in [-0.25, -0.2) is 0 Å². The number of benzene rings is 1. The average molecular weight is 279 g/mol. The van der Waals surface area contributed by atoms with Gasteiger partial charge in [0.2, 0.25) is 0 Å². The van der Waals surface area contributed by atoms with Crippen molar-refractivity contribution in [3.63, 3.8) is 0 Å². The third-order valence-electron chi connectivity index (χ3n) is 1.50. The van der Waals surface area contributed by atoms with E-state index in [0.29, 0.717) is 4.47 Å². The highest BCUT2D eigenvalue weighted by atomic mass is 79.9. The first-order valence-electron chi connectivity index (χ1n) is 3.88. The monoisotopic (exact) mass is 278 g/mol. The van der Waals surface area contributed by atoms with Gasteiger partial charge in [-0.15, -0.1) is 6.42 Å². The van der Waals surface area contributed by atoms with Crippen LogP contribution in [0.3, 0.4) is 0 Å². The van der Waals surface area contributed by atoms with E-state index < -0.39 is 12.8 Å². The zero-order chi connectivity index (χ0) is 11.5. The lowest BCUT2D eigenvalue weighted by atomic mass is 10.2. The fraction of sp³-hybridized carbons (Fsp3) is 0.200. The molecule has 0 unspecified atom stereocenters. The quantitative estimate of drug-likeness (QED) is 0.754. The SMILES string of the molecule is C#Cc1cccc(Br)c1OCC(F)(F)F. The smallest absolute Gasteiger partial charge is 0.422 e. The molecule has 0 fully saturated rings. The zero-order valence-electron chi connectivity index (χ0n) is 7.44. The fourth-order valence-corrected chi connectivity index (χ4v) is 1.40. The van der Waals surface area contributed by atoms with E-state index in [4.69, 9.17) is 6.42 Å². The van der Waals surface area contributed by atoms with Crippen molar-refractivity contribution in [2.75, 3.05) is 6.61 Å². The first kappa shape index (κ1) is 11.9. The molecule has 1 rings (SSSR count). The van der Waals surface area contributed by atoms with Gasteiger partial charge in [-0.05, 0) is 28.1 Å². The third-order valence-corrected chi connectivity index (χ3v) is 2.13. The van der Waals surface area contributed by atoms with Crippen molar-refractivity contribution in [2.45, 2.75) is 6.18 Å². The molecule has 0 radical (unpaired) electrons. The summed E-state index contributed by atoms with van der Waals surface area (Å²) in [5, 5.41) is 0. The molecule has 0 heterocycles. The Morgan fingerprint density at radius 3 is 2.60 bits per heavy atom. The maximum atomic E-state index is 11.9. The third kappa shape index (κ3) is 3.48. The molecular formula is C10H6BrF3O. The van der Waals surface area contributed by atoms with Crippen molar-refractivity contribution in [2.24, 2.45) is 0 Å². The Labute approximate surface area is 93.4 Å².